The van der Waals surface area contributed by atoms with Gasteiger partial charge in [0.2, 0.25) is 5.78 Å². The smallest absolute Gasteiger partial charge is 0.264 e. The number of rotatable bonds is 4. The van der Waals surface area contributed by atoms with Crippen molar-refractivity contribution in [1.29, 1.82) is 0 Å². The van der Waals surface area contributed by atoms with Crippen LogP contribution in [0.3, 0.4) is 0 Å². The average molecular weight is 221 g/mol. The molecule has 3 nitrogen and oxygen atoms in total. The third-order valence-corrected chi connectivity index (χ3v) is 2.35. The van der Waals surface area contributed by atoms with Gasteiger partial charge in [-0.15, -0.1) is 0 Å². The van der Waals surface area contributed by atoms with Gasteiger partial charge in [-0.1, -0.05) is 13.3 Å². The lowest BCUT2D eigenvalue weighted by molar-refractivity contribution is 0.0948. The lowest BCUT2D eigenvalue weighted by atomic mass is 10.2. The number of hydrogen-bond acceptors (Lipinski definition) is 3. The number of unbranched alkanes of at least 4 members (excludes halogenated alkanes) is 1. The standard InChI is InChI=1S/C12H12FNO2/c1-2-3-4-10(15)12-14-9-6-5-8(13)7-11(9)16-12/h5-7H,2-4H2,1H3. The van der Waals surface area contributed by atoms with Crippen molar-refractivity contribution >= 4 is 16.9 Å². The van der Waals surface area contributed by atoms with Crippen LogP contribution < -0.4 is 0 Å². The van der Waals surface area contributed by atoms with E-state index in [-0.39, 0.29) is 11.7 Å². The number of carbonyl (C=O) groups excluding carboxylic acids is 1. The van der Waals surface area contributed by atoms with Crippen LogP contribution in [0.4, 0.5) is 4.39 Å². The van der Waals surface area contributed by atoms with E-state index in [1.165, 1.54) is 18.2 Å². The maximum absolute atomic E-state index is 12.9. The van der Waals surface area contributed by atoms with Gasteiger partial charge < -0.3 is 4.42 Å². The molecule has 4 heteroatoms. The number of benzene rings is 1. The van der Waals surface area contributed by atoms with Gasteiger partial charge in [0.15, 0.2) is 5.58 Å². The Morgan fingerprint density at radius 2 is 2.31 bits per heavy atom. The first kappa shape index (κ1) is 10.8. The van der Waals surface area contributed by atoms with E-state index in [2.05, 4.69) is 4.98 Å². The summed E-state index contributed by atoms with van der Waals surface area (Å²) in [6.07, 6.45) is 2.18. The summed E-state index contributed by atoms with van der Waals surface area (Å²) in [5, 5.41) is 0. The summed E-state index contributed by atoms with van der Waals surface area (Å²) in [4.78, 5) is 15.6. The number of Topliss-reactive ketones (excluding diaryl/α,β-unsaturated/α-hetero) is 1. The number of carbonyl (C=O) groups is 1. The Bertz CT molecular complexity index is 519. The summed E-state index contributed by atoms with van der Waals surface area (Å²) in [6, 6.07) is 4.04. The highest BCUT2D eigenvalue weighted by atomic mass is 19.1. The van der Waals surface area contributed by atoms with Crippen LogP contribution in [-0.2, 0) is 0 Å². The minimum Gasteiger partial charge on any atom is -0.434 e. The first-order valence-corrected chi connectivity index (χ1v) is 5.30. The number of aromatic nitrogens is 1. The molecule has 0 saturated carbocycles. The minimum atomic E-state index is -0.392. The molecule has 0 aliphatic rings. The molecule has 1 aromatic heterocycles. The average Bonchev–Trinajstić information content (AvgIpc) is 2.68. The Kier molecular flexibility index (Phi) is 2.99. The van der Waals surface area contributed by atoms with Crippen LogP contribution in [0.5, 0.6) is 0 Å². The highest BCUT2D eigenvalue weighted by Crippen LogP contribution is 2.18. The molecule has 2 rings (SSSR count). The third kappa shape index (κ3) is 2.10. The van der Waals surface area contributed by atoms with E-state index >= 15 is 0 Å². The number of halogens is 1. The van der Waals surface area contributed by atoms with Crippen molar-refractivity contribution in [2.24, 2.45) is 0 Å². The summed E-state index contributed by atoms with van der Waals surface area (Å²) in [5.41, 5.74) is 0.834. The molecule has 1 heterocycles. The zero-order valence-electron chi connectivity index (χ0n) is 9.00. The molecule has 1 aromatic carbocycles. The van der Waals surface area contributed by atoms with Crippen molar-refractivity contribution in [3.05, 3.63) is 29.9 Å². The molecule has 0 bridgehead atoms. The molecule has 0 saturated heterocycles. The van der Waals surface area contributed by atoms with Crippen molar-refractivity contribution in [3.63, 3.8) is 0 Å². The van der Waals surface area contributed by atoms with Crippen LogP contribution in [0, 0.1) is 5.82 Å². The zero-order chi connectivity index (χ0) is 11.5. The lowest BCUT2D eigenvalue weighted by Crippen LogP contribution is -1.98. The molecule has 0 unspecified atom stereocenters. The van der Waals surface area contributed by atoms with E-state index < -0.39 is 5.82 Å². The number of ketones is 1. The van der Waals surface area contributed by atoms with Gasteiger partial charge in [-0.05, 0) is 18.6 Å². The van der Waals surface area contributed by atoms with Crippen LogP contribution in [0.15, 0.2) is 22.6 Å². The fourth-order valence-electron chi connectivity index (χ4n) is 1.46. The van der Waals surface area contributed by atoms with Gasteiger partial charge in [0.1, 0.15) is 11.3 Å². The molecule has 16 heavy (non-hydrogen) atoms. The molecule has 0 atom stereocenters. The van der Waals surface area contributed by atoms with Crippen molar-refractivity contribution < 1.29 is 13.6 Å². The van der Waals surface area contributed by atoms with E-state index in [9.17, 15) is 9.18 Å². The number of oxazole rings is 1. The third-order valence-electron chi connectivity index (χ3n) is 2.35. The maximum Gasteiger partial charge on any atom is 0.264 e. The molecule has 2 aromatic rings. The monoisotopic (exact) mass is 221 g/mol. The summed E-state index contributed by atoms with van der Waals surface area (Å²) in [7, 11) is 0. The normalized spacial score (nSPS) is 10.9. The molecule has 0 spiro atoms. The molecule has 0 aliphatic heterocycles. The van der Waals surface area contributed by atoms with Gasteiger partial charge in [0, 0.05) is 12.5 Å². The van der Waals surface area contributed by atoms with Crippen molar-refractivity contribution in [2.45, 2.75) is 26.2 Å². The summed E-state index contributed by atoms with van der Waals surface area (Å²) in [6.45, 7) is 2.01. The maximum atomic E-state index is 12.9. The van der Waals surface area contributed by atoms with Crippen LogP contribution in [0.1, 0.15) is 36.9 Å². The van der Waals surface area contributed by atoms with Crippen LogP contribution in [-0.4, -0.2) is 10.8 Å². The van der Waals surface area contributed by atoms with Gasteiger partial charge in [-0.25, -0.2) is 9.37 Å². The minimum absolute atomic E-state index is 0.0778. The highest BCUT2D eigenvalue weighted by Gasteiger charge is 2.13. The Morgan fingerprint density at radius 3 is 3.06 bits per heavy atom. The molecule has 0 fully saturated rings. The van der Waals surface area contributed by atoms with Gasteiger partial charge in [-0.2, -0.15) is 0 Å². The van der Waals surface area contributed by atoms with Gasteiger partial charge in [0.25, 0.3) is 5.89 Å². The number of hydrogen-bond donors (Lipinski definition) is 0. The van der Waals surface area contributed by atoms with Crippen molar-refractivity contribution in [1.82, 2.24) is 4.98 Å². The Balaban J connectivity index is 2.28. The lowest BCUT2D eigenvalue weighted by Gasteiger charge is -1.92. The number of fused-ring (bicyclic) bond motifs is 1. The largest absolute Gasteiger partial charge is 0.434 e. The summed E-state index contributed by atoms with van der Waals surface area (Å²) >= 11 is 0. The highest BCUT2D eigenvalue weighted by molar-refractivity contribution is 5.94. The zero-order valence-corrected chi connectivity index (χ0v) is 9.00. The van der Waals surface area contributed by atoms with E-state index in [1.54, 1.807) is 0 Å². The van der Waals surface area contributed by atoms with E-state index in [1.807, 2.05) is 6.92 Å². The predicted molar refractivity (Wildman–Crippen MR) is 57.8 cm³/mol. The Labute approximate surface area is 92.3 Å². The van der Waals surface area contributed by atoms with Gasteiger partial charge in [0.05, 0.1) is 0 Å². The number of nitrogens with zero attached hydrogens (tertiary/aromatic N) is 1. The molecule has 0 amide bonds. The summed E-state index contributed by atoms with van der Waals surface area (Å²) < 4.78 is 18.1. The van der Waals surface area contributed by atoms with Crippen LogP contribution in [0.25, 0.3) is 11.1 Å². The second-order valence-electron chi connectivity index (χ2n) is 3.66. The van der Waals surface area contributed by atoms with Gasteiger partial charge in [-0.3, -0.25) is 4.79 Å². The second kappa shape index (κ2) is 4.43. The fourth-order valence-corrected chi connectivity index (χ4v) is 1.46. The molecule has 84 valence electrons. The molecule has 0 N–H and O–H groups in total. The van der Waals surface area contributed by atoms with Gasteiger partial charge >= 0.3 is 0 Å². The second-order valence-corrected chi connectivity index (χ2v) is 3.66. The SMILES string of the molecule is CCCCC(=O)c1nc2ccc(F)cc2o1. The topological polar surface area (TPSA) is 43.1 Å². The molecule has 0 aliphatic carbocycles. The molecule has 0 radical (unpaired) electrons. The quantitative estimate of drug-likeness (QED) is 0.743. The first-order valence-electron chi connectivity index (χ1n) is 5.30. The van der Waals surface area contributed by atoms with Crippen molar-refractivity contribution in [3.8, 4) is 0 Å². The molecular weight excluding hydrogens is 209 g/mol. The summed E-state index contributed by atoms with van der Waals surface area (Å²) in [5.74, 6) is -0.441. The van der Waals surface area contributed by atoms with E-state index in [0.717, 1.165) is 12.8 Å². The van der Waals surface area contributed by atoms with E-state index in [0.29, 0.717) is 17.5 Å². The Hall–Kier alpha value is -1.71. The van der Waals surface area contributed by atoms with Crippen molar-refractivity contribution in [2.75, 3.05) is 0 Å². The predicted octanol–water partition coefficient (Wildman–Crippen LogP) is 3.34. The van der Waals surface area contributed by atoms with Crippen LogP contribution >= 0.6 is 0 Å². The Morgan fingerprint density at radius 1 is 1.50 bits per heavy atom. The first-order chi connectivity index (χ1) is 7.70. The van der Waals surface area contributed by atoms with Crippen LogP contribution in [0.2, 0.25) is 0 Å². The van der Waals surface area contributed by atoms with E-state index in [4.69, 9.17) is 4.42 Å². The fraction of sp³-hybridized carbons (Fsp3) is 0.333. The molecular formula is C12H12FNO2.